The van der Waals surface area contributed by atoms with Crippen molar-refractivity contribution in [3.8, 4) is 5.75 Å². The van der Waals surface area contributed by atoms with Crippen molar-refractivity contribution in [2.45, 2.75) is 11.3 Å². The number of rotatable bonds is 5. The number of pyridine rings is 1. The molecule has 1 heterocycles. The number of sulfonamides is 1. The molecule has 0 aliphatic rings. The standard InChI is InChI=1S/C13H15N3O3S/c14-12-9-11(4-5-13(12)20(15,17)18)19-8-6-10-3-1-2-7-16-10/h1-5,7,9H,6,8,14H2,(H2,15,17,18). The van der Waals surface area contributed by atoms with Crippen LogP contribution in [0.5, 0.6) is 5.75 Å². The van der Waals surface area contributed by atoms with E-state index in [0.717, 1.165) is 5.69 Å². The number of nitrogens with zero attached hydrogens (tertiary/aromatic N) is 1. The number of benzene rings is 1. The smallest absolute Gasteiger partial charge is 0.240 e. The Hall–Kier alpha value is -2.12. The zero-order valence-corrected chi connectivity index (χ0v) is 11.5. The Morgan fingerprint density at radius 2 is 2.00 bits per heavy atom. The van der Waals surface area contributed by atoms with E-state index in [9.17, 15) is 8.42 Å². The van der Waals surface area contributed by atoms with Gasteiger partial charge < -0.3 is 10.5 Å². The van der Waals surface area contributed by atoms with Gasteiger partial charge in [-0.1, -0.05) is 6.07 Å². The average molecular weight is 293 g/mol. The Morgan fingerprint density at radius 1 is 1.20 bits per heavy atom. The molecule has 4 N–H and O–H groups in total. The summed E-state index contributed by atoms with van der Waals surface area (Å²) in [5, 5.41) is 5.03. The second-order valence-electron chi connectivity index (χ2n) is 4.16. The van der Waals surface area contributed by atoms with Crippen LogP contribution in [0.2, 0.25) is 0 Å². The molecule has 0 amide bonds. The maximum atomic E-state index is 11.2. The van der Waals surface area contributed by atoms with Gasteiger partial charge in [-0.15, -0.1) is 0 Å². The summed E-state index contributed by atoms with van der Waals surface area (Å²) in [5.74, 6) is 0.492. The Balaban J connectivity index is 1.99. The van der Waals surface area contributed by atoms with E-state index in [0.29, 0.717) is 18.8 Å². The maximum Gasteiger partial charge on any atom is 0.240 e. The summed E-state index contributed by atoms with van der Waals surface area (Å²) in [5.41, 5.74) is 6.63. The average Bonchev–Trinajstić information content (AvgIpc) is 2.38. The highest BCUT2D eigenvalue weighted by atomic mass is 32.2. The third-order valence-electron chi connectivity index (χ3n) is 2.64. The van der Waals surface area contributed by atoms with Crippen LogP contribution in [-0.4, -0.2) is 20.0 Å². The van der Waals surface area contributed by atoms with Crippen molar-refractivity contribution in [3.63, 3.8) is 0 Å². The first kappa shape index (κ1) is 14.3. The summed E-state index contributed by atoms with van der Waals surface area (Å²) in [6.07, 6.45) is 2.37. The van der Waals surface area contributed by atoms with Gasteiger partial charge in [0.1, 0.15) is 10.6 Å². The largest absolute Gasteiger partial charge is 0.493 e. The molecule has 1 aromatic carbocycles. The molecule has 0 aliphatic heterocycles. The van der Waals surface area contributed by atoms with Gasteiger partial charge in [-0.3, -0.25) is 4.98 Å². The molecule has 0 saturated carbocycles. The number of anilines is 1. The van der Waals surface area contributed by atoms with Crippen molar-refractivity contribution >= 4 is 15.7 Å². The molecule has 2 rings (SSSR count). The van der Waals surface area contributed by atoms with Gasteiger partial charge in [0.2, 0.25) is 10.0 Å². The van der Waals surface area contributed by atoms with Gasteiger partial charge in [0.15, 0.2) is 0 Å². The van der Waals surface area contributed by atoms with E-state index in [1.54, 1.807) is 6.20 Å². The first-order chi connectivity index (χ1) is 9.47. The lowest BCUT2D eigenvalue weighted by Crippen LogP contribution is -2.14. The summed E-state index contributed by atoms with van der Waals surface area (Å²) in [6.45, 7) is 0.422. The van der Waals surface area contributed by atoms with Crippen LogP contribution in [0.15, 0.2) is 47.5 Å². The summed E-state index contributed by atoms with van der Waals surface area (Å²) >= 11 is 0. The van der Waals surface area contributed by atoms with Crippen molar-refractivity contribution in [1.82, 2.24) is 4.98 Å². The van der Waals surface area contributed by atoms with Crippen molar-refractivity contribution in [3.05, 3.63) is 48.3 Å². The van der Waals surface area contributed by atoms with Crippen LogP contribution in [0.3, 0.4) is 0 Å². The summed E-state index contributed by atoms with van der Waals surface area (Å²) in [7, 11) is -3.80. The number of ether oxygens (including phenoxy) is 1. The number of nitrogen functional groups attached to an aromatic ring is 1. The fourth-order valence-corrected chi connectivity index (χ4v) is 2.34. The summed E-state index contributed by atoms with van der Waals surface area (Å²) in [4.78, 5) is 4.07. The highest BCUT2D eigenvalue weighted by Crippen LogP contribution is 2.22. The number of primary sulfonamides is 1. The Kier molecular flexibility index (Phi) is 4.21. The van der Waals surface area contributed by atoms with Gasteiger partial charge in [-0.05, 0) is 24.3 Å². The third-order valence-corrected chi connectivity index (χ3v) is 3.63. The van der Waals surface area contributed by atoms with Gasteiger partial charge in [0, 0.05) is 24.4 Å². The molecule has 6 nitrogen and oxygen atoms in total. The van der Waals surface area contributed by atoms with Crippen LogP contribution >= 0.6 is 0 Å². The Bertz CT molecular complexity index is 687. The minimum Gasteiger partial charge on any atom is -0.493 e. The van der Waals surface area contributed by atoms with E-state index in [4.69, 9.17) is 15.6 Å². The topological polar surface area (TPSA) is 108 Å². The van der Waals surface area contributed by atoms with Crippen molar-refractivity contribution < 1.29 is 13.2 Å². The Labute approximate surface area is 117 Å². The van der Waals surface area contributed by atoms with E-state index in [1.165, 1.54) is 18.2 Å². The molecule has 0 saturated heterocycles. The summed E-state index contributed by atoms with van der Waals surface area (Å²) < 4.78 is 27.9. The van der Waals surface area contributed by atoms with E-state index < -0.39 is 10.0 Å². The van der Waals surface area contributed by atoms with E-state index in [1.807, 2.05) is 18.2 Å². The van der Waals surface area contributed by atoms with Crippen molar-refractivity contribution in [2.75, 3.05) is 12.3 Å². The number of aromatic nitrogens is 1. The second kappa shape index (κ2) is 5.89. The van der Waals surface area contributed by atoms with Gasteiger partial charge >= 0.3 is 0 Å². The molecule has 0 spiro atoms. The van der Waals surface area contributed by atoms with Gasteiger partial charge in [-0.2, -0.15) is 0 Å². The third kappa shape index (κ3) is 3.69. The molecule has 0 fully saturated rings. The maximum absolute atomic E-state index is 11.2. The SMILES string of the molecule is Nc1cc(OCCc2ccccn2)ccc1S(N)(=O)=O. The zero-order valence-electron chi connectivity index (χ0n) is 10.7. The molecule has 2 aromatic rings. The number of hydrogen-bond donors (Lipinski definition) is 2. The van der Waals surface area contributed by atoms with Crippen molar-refractivity contribution in [1.29, 1.82) is 0 Å². The predicted molar refractivity (Wildman–Crippen MR) is 75.7 cm³/mol. The van der Waals surface area contributed by atoms with E-state index in [-0.39, 0.29) is 10.6 Å². The molecule has 0 radical (unpaired) electrons. The lowest BCUT2D eigenvalue weighted by Gasteiger charge is -2.08. The first-order valence-electron chi connectivity index (χ1n) is 5.92. The summed E-state index contributed by atoms with van der Waals surface area (Å²) in [6, 6.07) is 9.95. The molecule has 1 aromatic heterocycles. The normalized spacial score (nSPS) is 11.2. The second-order valence-corrected chi connectivity index (χ2v) is 5.69. The van der Waals surface area contributed by atoms with Crippen LogP contribution in [0.25, 0.3) is 0 Å². The molecule has 7 heteroatoms. The van der Waals surface area contributed by atoms with Crippen LogP contribution in [0.1, 0.15) is 5.69 Å². The molecular formula is C13H15N3O3S. The van der Waals surface area contributed by atoms with Crippen LogP contribution in [0.4, 0.5) is 5.69 Å². The minimum atomic E-state index is -3.80. The van der Waals surface area contributed by atoms with Crippen LogP contribution in [0, 0.1) is 0 Å². The van der Waals surface area contributed by atoms with Crippen LogP contribution < -0.4 is 15.6 Å². The van der Waals surface area contributed by atoms with Crippen molar-refractivity contribution in [2.24, 2.45) is 5.14 Å². The first-order valence-corrected chi connectivity index (χ1v) is 7.46. The highest BCUT2D eigenvalue weighted by Gasteiger charge is 2.12. The zero-order chi connectivity index (χ0) is 14.6. The van der Waals surface area contributed by atoms with Gasteiger partial charge in [0.05, 0.1) is 12.3 Å². The van der Waals surface area contributed by atoms with Gasteiger partial charge in [-0.25, -0.2) is 13.6 Å². The molecule has 0 atom stereocenters. The fraction of sp³-hybridized carbons (Fsp3) is 0.154. The lowest BCUT2D eigenvalue weighted by molar-refractivity contribution is 0.320. The van der Waals surface area contributed by atoms with Crippen LogP contribution in [-0.2, 0) is 16.4 Å². The molecular weight excluding hydrogens is 278 g/mol. The monoisotopic (exact) mass is 293 g/mol. The quantitative estimate of drug-likeness (QED) is 0.797. The minimum absolute atomic E-state index is 0.0721. The number of hydrogen-bond acceptors (Lipinski definition) is 5. The van der Waals surface area contributed by atoms with Gasteiger partial charge in [0.25, 0.3) is 0 Å². The molecule has 20 heavy (non-hydrogen) atoms. The molecule has 106 valence electrons. The predicted octanol–water partition coefficient (Wildman–Crippen LogP) is 0.933. The lowest BCUT2D eigenvalue weighted by atomic mass is 10.3. The highest BCUT2D eigenvalue weighted by molar-refractivity contribution is 7.89. The van der Waals surface area contributed by atoms with E-state index in [2.05, 4.69) is 4.98 Å². The Morgan fingerprint density at radius 3 is 2.60 bits per heavy atom. The molecule has 0 bridgehead atoms. The molecule has 0 aliphatic carbocycles. The fourth-order valence-electron chi connectivity index (χ4n) is 1.69. The number of nitrogens with two attached hydrogens (primary N) is 2. The van der Waals surface area contributed by atoms with E-state index >= 15 is 0 Å². The molecule has 0 unspecified atom stereocenters.